The van der Waals surface area contributed by atoms with Gasteiger partial charge >= 0.3 is 0 Å². The van der Waals surface area contributed by atoms with Crippen LogP contribution in [-0.2, 0) is 5.75 Å². The Morgan fingerprint density at radius 2 is 2.00 bits per heavy atom. The van der Waals surface area contributed by atoms with Crippen molar-refractivity contribution in [2.24, 2.45) is 5.10 Å². The highest BCUT2D eigenvalue weighted by Crippen LogP contribution is 2.30. The molecule has 1 N–H and O–H groups in total. The van der Waals surface area contributed by atoms with Gasteiger partial charge in [-0.25, -0.2) is 10.4 Å². The fraction of sp³-hybridized carbons (Fsp3) is 0.0870. The van der Waals surface area contributed by atoms with Gasteiger partial charge in [0, 0.05) is 16.9 Å². The van der Waals surface area contributed by atoms with E-state index in [1.165, 1.54) is 17.8 Å². The minimum Gasteiger partial charge on any atom is -0.496 e. The molecule has 0 fully saturated rings. The number of carbonyl (C=O) groups is 1. The number of oxazole rings is 1. The van der Waals surface area contributed by atoms with E-state index in [2.05, 4.69) is 15.5 Å². The first-order valence-corrected chi connectivity index (χ1v) is 11.2. The van der Waals surface area contributed by atoms with E-state index in [9.17, 15) is 4.79 Å². The van der Waals surface area contributed by atoms with Crippen LogP contribution in [0.1, 0.15) is 21.5 Å². The molecule has 0 unspecified atom stereocenters. The Morgan fingerprint density at radius 3 is 2.78 bits per heavy atom. The van der Waals surface area contributed by atoms with Crippen molar-refractivity contribution >= 4 is 58.2 Å². The molecule has 4 rings (SSSR count). The number of nitrogens with one attached hydrogen (secondary N) is 1. The lowest BCUT2D eigenvalue weighted by atomic mass is 10.1. The van der Waals surface area contributed by atoms with Crippen LogP contribution < -0.4 is 10.2 Å². The van der Waals surface area contributed by atoms with Crippen LogP contribution in [0.15, 0.2) is 75.4 Å². The lowest BCUT2D eigenvalue weighted by Crippen LogP contribution is -2.17. The number of methoxy groups -OCH3 is 1. The highest BCUT2D eigenvalue weighted by atomic mass is 35.5. The van der Waals surface area contributed by atoms with Gasteiger partial charge in [0.1, 0.15) is 11.3 Å². The molecule has 0 aliphatic carbocycles. The Bertz CT molecular complexity index is 1270. The second-order valence-corrected chi connectivity index (χ2v) is 8.38. The number of ether oxygens (including phenoxy) is 1. The van der Waals surface area contributed by atoms with Crippen molar-refractivity contribution in [2.45, 2.75) is 11.0 Å². The molecule has 0 spiro atoms. The van der Waals surface area contributed by atoms with Gasteiger partial charge in [-0.15, -0.1) is 0 Å². The van der Waals surface area contributed by atoms with Crippen LogP contribution in [-0.4, -0.2) is 24.2 Å². The number of amides is 1. The molecule has 0 atom stereocenters. The van der Waals surface area contributed by atoms with Gasteiger partial charge in [0.25, 0.3) is 11.1 Å². The van der Waals surface area contributed by atoms with Gasteiger partial charge in [-0.1, -0.05) is 47.1 Å². The minimum absolute atomic E-state index is 0.305. The quantitative estimate of drug-likeness (QED) is 0.191. The number of rotatable bonds is 7. The number of para-hydroxylation sites is 2. The molecular weight excluding hydrogens is 469 g/mol. The smallest absolute Gasteiger partial charge is 0.271 e. The van der Waals surface area contributed by atoms with Crippen molar-refractivity contribution in [3.05, 3.63) is 87.4 Å². The average molecular weight is 486 g/mol. The van der Waals surface area contributed by atoms with Crippen LogP contribution in [0.2, 0.25) is 10.0 Å². The summed E-state index contributed by atoms with van der Waals surface area (Å²) < 4.78 is 11.2. The van der Waals surface area contributed by atoms with Crippen LogP contribution >= 0.6 is 35.0 Å². The maximum atomic E-state index is 12.2. The molecule has 6 nitrogen and oxygen atoms in total. The summed E-state index contributed by atoms with van der Waals surface area (Å²) in [5, 5.41) is 5.31. The lowest BCUT2D eigenvalue weighted by Gasteiger charge is -2.08. The van der Waals surface area contributed by atoms with Gasteiger partial charge in [-0.05, 0) is 54.1 Å². The van der Waals surface area contributed by atoms with Crippen molar-refractivity contribution in [3.63, 3.8) is 0 Å². The number of hydrazone groups is 1. The third kappa shape index (κ3) is 5.24. The Balaban J connectivity index is 1.43. The topological polar surface area (TPSA) is 76.7 Å². The van der Waals surface area contributed by atoms with Crippen LogP contribution in [0.5, 0.6) is 5.75 Å². The zero-order valence-electron chi connectivity index (χ0n) is 16.8. The van der Waals surface area contributed by atoms with Gasteiger partial charge < -0.3 is 9.15 Å². The Morgan fingerprint density at radius 1 is 1.16 bits per heavy atom. The van der Waals surface area contributed by atoms with Gasteiger partial charge in [-0.2, -0.15) is 5.10 Å². The SMILES string of the molecule is COc1ccc(C=NNC(=O)c2ccc(Cl)c(Cl)c2)cc1CSc1nc2ccccc2o1. The van der Waals surface area contributed by atoms with Crippen molar-refractivity contribution < 1.29 is 13.9 Å². The number of benzene rings is 3. The number of aromatic nitrogens is 1. The molecule has 1 heterocycles. The van der Waals surface area contributed by atoms with E-state index in [1.54, 1.807) is 25.5 Å². The maximum absolute atomic E-state index is 12.2. The molecule has 0 saturated carbocycles. The van der Waals surface area contributed by atoms with E-state index >= 15 is 0 Å². The Kier molecular flexibility index (Phi) is 6.99. The Hall–Kier alpha value is -3.00. The number of thioether (sulfide) groups is 1. The molecule has 4 aromatic rings. The van der Waals surface area contributed by atoms with Crippen molar-refractivity contribution in [1.82, 2.24) is 10.4 Å². The standard InChI is InChI=1S/C23H17Cl2N3O3S/c1-30-20-9-6-14(12-26-28-22(29)15-7-8-17(24)18(25)11-15)10-16(20)13-32-23-27-19-4-2-3-5-21(19)31-23/h2-12H,13H2,1H3,(H,28,29). The molecular formula is C23H17Cl2N3O3S. The monoisotopic (exact) mass is 485 g/mol. The molecule has 162 valence electrons. The summed E-state index contributed by atoms with van der Waals surface area (Å²) in [6.07, 6.45) is 1.56. The van der Waals surface area contributed by atoms with E-state index in [0.29, 0.717) is 26.6 Å². The van der Waals surface area contributed by atoms with Crippen LogP contribution in [0.4, 0.5) is 0 Å². The normalized spacial score (nSPS) is 11.2. The van der Waals surface area contributed by atoms with Gasteiger partial charge in [0.05, 0.1) is 23.4 Å². The fourth-order valence-corrected chi connectivity index (χ4v) is 4.03. The van der Waals surface area contributed by atoms with Crippen molar-refractivity contribution in [1.29, 1.82) is 0 Å². The number of halogens is 2. The molecule has 0 bridgehead atoms. The first-order chi connectivity index (χ1) is 15.5. The van der Waals surface area contributed by atoms with E-state index in [1.807, 2.05) is 42.5 Å². The summed E-state index contributed by atoms with van der Waals surface area (Å²) >= 11 is 13.3. The highest BCUT2D eigenvalue weighted by Gasteiger charge is 2.10. The van der Waals surface area contributed by atoms with E-state index in [-0.39, 0.29) is 5.91 Å². The third-order valence-corrected chi connectivity index (χ3v) is 6.11. The fourth-order valence-electron chi connectivity index (χ4n) is 2.91. The van der Waals surface area contributed by atoms with Crippen LogP contribution in [0.3, 0.4) is 0 Å². The van der Waals surface area contributed by atoms with Crippen molar-refractivity contribution in [3.8, 4) is 5.75 Å². The first-order valence-electron chi connectivity index (χ1n) is 9.47. The molecule has 0 radical (unpaired) electrons. The summed E-state index contributed by atoms with van der Waals surface area (Å²) in [7, 11) is 1.62. The molecule has 9 heteroatoms. The second-order valence-electron chi connectivity index (χ2n) is 6.64. The second kappa shape index (κ2) is 10.1. The van der Waals surface area contributed by atoms with Crippen LogP contribution in [0.25, 0.3) is 11.1 Å². The zero-order valence-corrected chi connectivity index (χ0v) is 19.2. The highest BCUT2D eigenvalue weighted by molar-refractivity contribution is 7.98. The van der Waals surface area contributed by atoms with Crippen LogP contribution in [0, 0.1) is 0 Å². The molecule has 32 heavy (non-hydrogen) atoms. The zero-order chi connectivity index (χ0) is 22.5. The first kappa shape index (κ1) is 22.2. The summed E-state index contributed by atoms with van der Waals surface area (Å²) in [5.41, 5.74) is 6.16. The Labute approximate surface area is 198 Å². The predicted molar refractivity (Wildman–Crippen MR) is 128 cm³/mol. The molecule has 0 aliphatic heterocycles. The summed E-state index contributed by atoms with van der Waals surface area (Å²) in [6.45, 7) is 0. The summed E-state index contributed by atoms with van der Waals surface area (Å²) in [6, 6.07) is 17.9. The number of hydrogen-bond donors (Lipinski definition) is 1. The minimum atomic E-state index is -0.389. The van der Waals surface area contributed by atoms with E-state index in [4.69, 9.17) is 32.4 Å². The van der Waals surface area contributed by atoms with E-state index in [0.717, 1.165) is 28.0 Å². The predicted octanol–water partition coefficient (Wildman–Crippen LogP) is 6.20. The maximum Gasteiger partial charge on any atom is 0.271 e. The number of nitrogens with zero attached hydrogens (tertiary/aromatic N) is 2. The molecule has 1 amide bonds. The van der Waals surface area contributed by atoms with Crippen molar-refractivity contribution in [2.75, 3.05) is 7.11 Å². The van der Waals surface area contributed by atoms with Gasteiger partial charge in [0.2, 0.25) is 0 Å². The largest absolute Gasteiger partial charge is 0.496 e. The van der Waals surface area contributed by atoms with E-state index < -0.39 is 0 Å². The number of fused-ring (bicyclic) bond motifs is 1. The number of hydrogen-bond acceptors (Lipinski definition) is 6. The third-order valence-electron chi connectivity index (χ3n) is 4.49. The lowest BCUT2D eigenvalue weighted by molar-refractivity contribution is 0.0955. The number of carbonyl (C=O) groups excluding carboxylic acids is 1. The molecule has 3 aromatic carbocycles. The van der Waals surface area contributed by atoms with Gasteiger partial charge in [0.15, 0.2) is 5.58 Å². The molecule has 1 aromatic heterocycles. The molecule has 0 aliphatic rings. The average Bonchev–Trinajstić information content (AvgIpc) is 3.22. The molecule has 0 saturated heterocycles. The summed E-state index contributed by atoms with van der Waals surface area (Å²) in [5.74, 6) is 0.943. The van der Waals surface area contributed by atoms with Gasteiger partial charge in [-0.3, -0.25) is 4.79 Å². The summed E-state index contributed by atoms with van der Waals surface area (Å²) in [4.78, 5) is 16.7.